The summed E-state index contributed by atoms with van der Waals surface area (Å²) >= 11 is 0. The van der Waals surface area contributed by atoms with Gasteiger partial charge in [0.05, 0.1) is 22.9 Å². The predicted octanol–water partition coefficient (Wildman–Crippen LogP) is 3.28. The van der Waals surface area contributed by atoms with Crippen LogP contribution in [-0.2, 0) is 9.59 Å². The van der Waals surface area contributed by atoms with Gasteiger partial charge in [-0.1, -0.05) is 18.2 Å². The predicted molar refractivity (Wildman–Crippen MR) is 112 cm³/mol. The molecular formula is C23H22N4O3. The standard InChI is InChI=1S/C23H22N4O3/c1-23-12-11-21(29)27(23)19-9-3-2-8-18(19)22(30)26(23)13-5-10-20(28)25-17-7-4-6-16(14-17)15-24/h2-4,6-9,14H,5,10-13H2,1H3,(H,25,28). The lowest BCUT2D eigenvalue weighted by Crippen LogP contribution is -2.62. The highest BCUT2D eigenvalue weighted by molar-refractivity contribution is 6.10. The van der Waals surface area contributed by atoms with Crippen molar-refractivity contribution in [2.24, 2.45) is 0 Å². The van der Waals surface area contributed by atoms with Gasteiger partial charge in [0, 0.05) is 25.1 Å². The fourth-order valence-electron chi connectivity index (χ4n) is 4.33. The highest BCUT2D eigenvalue weighted by Gasteiger charge is 2.52. The van der Waals surface area contributed by atoms with Gasteiger partial charge in [-0.15, -0.1) is 0 Å². The molecule has 4 rings (SSSR count). The van der Waals surface area contributed by atoms with Crippen LogP contribution in [0.4, 0.5) is 11.4 Å². The van der Waals surface area contributed by atoms with E-state index in [9.17, 15) is 14.4 Å². The highest BCUT2D eigenvalue weighted by Crippen LogP contribution is 2.44. The molecule has 0 aromatic heterocycles. The Morgan fingerprint density at radius 1 is 1.20 bits per heavy atom. The maximum Gasteiger partial charge on any atom is 0.257 e. The van der Waals surface area contributed by atoms with Gasteiger partial charge in [-0.3, -0.25) is 19.3 Å². The summed E-state index contributed by atoms with van der Waals surface area (Å²) in [6, 6.07) is 16.0. The lowest BCUT2D eigenvalue weighted by molar-refractivity contribution is -0.118. The molecule has 2 aliphatic rings. The molecule has 2 heterocycles. The maximum absolute atomic E-state index is 13.2. The van der Waals surface area contributed by atoms with Crippen molar-refractivity contribution in [1.82, 2.24) is 4.90 Å². The van der Waals surface area contributed by atoms with Crippen molar-refractivity contribution < 1.29 is 14.4 Å². The van der Waals surface area contributed by atoms with Crippen molar-refractivity contribution >= 4 is 29.1 Å². The monoisotopic (exact) mass is 402 g/mol. The average molecular weight is 402 g/mol. The zero-order chi connectivity index (χ0) is 21.3. The number of carbonyl (C=O) groups is 3. The first-order chi connectivity index (χ1) is 14.4. The van der Waals surface area contributed by atoms with Crippen molar-refractivity contribution in [3.05, 3.63) is 59.7 Å². The third kappa shape index (κ3) is 3.30. The van der Waals surface area contributed by atoms with Gasteiger partial charge in [0.15, 0.2) is 0 Å². The lowest BCUT2D eigenvalue weighted by atomic mass is 9.98. The number of fused-ring (bicyclic) bond motifs is 3. The van der Waals surface area contributed by atoms with Gasteiger partial charge in [-0.2, -0.15) is 5.26 Å². The molecule has 0 aliphatic carbocycles. The van der Waals surface area contributed by atoms with Gasteiger partial charge in [0.2, 0.25) is 11.8 Å². The number of amides is 3. The van der Waals surface area contributed by atoms with E-state index in [1.807, 2.05) is 25.1 Å². The van der Waals surface area contributed by atoms with Crippen LogP contribution < -0.4 is 10.2 Å². The summed E-state index contributed by atoms with van der Waals surface area (Å²) in [6.07, 6.45) is 1.66. The van der Waals surface area contributed by atoms with Crippen LogP contribution in [-0.4, -0.2) is 34.8 Å². The first-order valence-corrected chi connectivity index (χ1v) is 9.98. The summed E-state index contributed by atoms with van der Waals surface area (Å²) in [5, 5.41) is 11.8. The van der Waals surface area contributed by atoms with E-state index in [0.29, 0.717) is 48.3 Å². The molecule has 0 spiro atoms. The van der Waals surface area contributed by atoms with Crippen LogP contribution in [0.25, 0.3) is 0 Å². The van der Waals surface area contributed by atoms with Crippen LogP contribution in [0, 0.1) is 11.3 Å². The molecule has 30 heavy (non-hydrogen) atoms. The van der Waals surface area contributed by atoms with Gasteiger partial charge < -0.3 is 10.2 Å². The van der Waals surface area contributed by atoms with Crippen molar-refractivity contribution in [3.8, 4) is 6.07 Å². The average Bonchev–Trinajstić information content (AvgIpc) is 3.06. The molecule has 3 amide bonds. The fraction of sp³-hybridized carbons (Fsp3) is 0.304. The minimum absolute atomic E-state index is 0.0116. The van der Waals surface area contributed by atoms with Crippen LogP contribution >= 0.6 is 0 Å². The van der Waals surface area contributed by atoms with E-state index in [2.05, 4.69) is 5.32 Å². The smallest absolute Gasteiger partial charge is 0.257 e. The number of carbonyl (C=O) groups excluding carboxylic acids is 3. The Morgan fingerprint density at radius 3 is 2.80 bits per heavy atom. The molecule has 1 N–H and O–H groups in total. The van der Waals surface area contributed by atoms with E-state index in [0.717, 1.165) is 0 Å². The number of rotatable bonds is 5. The topological polar surface area (TPSA) is 93.5 Å². The Kier molecular flexibility index (Phi) is 5.00. The fourth-order valence-corrected chi connectivity index (χ4v) is 4.33. The summed E-state index contributed by atoms with van der Waals surface area (Å²) in [6.45, 7) is 2.29. The van der Waals surface area contributed by atoms with Crippen molar-refractivity contribution in [2.75, 3.05) is 16.8 Å². The summed E-state index contributed by atoms with van der Waals surface area (Å²) in [7, 11) is 0. The third-order valence-corrected chi connectivity index (χ3v) is 5.81. The molecule has 1 saturated heterocycles. The second kappa shape index (κ2) is 7.64. The third-order valence-electron chi connectivity index (χ3n) is 5.81. The van der Waals surface area contributed by atoms with Crippen LogP contribution in [0.15, 0.2) is 48.5 Å². The zero-order valence-corrected chi connectivity index (χ0v) is 16.7. The Labute approximate surface area is 174 Å². The second-order valence-corrected chi connectivity index (χ2v) is 7.76. The largest absolute Gasteiger partial charge is 0.326 e. The molecule has 2 aliphatic heterocycles. The van der Waals surface area contributed by atoms with E-state index in [1.165, 1.54) is 0 Å². The Balaban J connectivity index is 1.45. The molecule has 0 bridgehead atoms. The summed E-state index contributed by atoms with van der Waals surface area (Å²) in [5.74, 6) is -0.279. The van der Waals surface area contributed by atoms with Crippen molar-refractivity contribution in [1.29, 1.82) is 5.26 Å². The summed E-state index contributed by atoms with van der Waals surface area (Å²) < 4.78 is 0. The molecule has 2 aromatic carbocycles. The minimum atomic E-state index is -0.708. The molecule has 7 nitrogen and oxygen atoms in total. The van der Waals surface area contributed by atoms with E-state index < -0.39 is 5.66 Å². The summed E-state index contributed by atoms with van der Waals surface area (Å²) in [5.41, 5.74) is 1.52. The highest BCUT2D eigenvalue weighted by atomic mass is 16.2. The SMILES string of the molecule is CC12CCC(=O)N1c1ccccc1C(=O)N2CCCC(=O)Nc1cccc(C#N)c1. The van der Waals surface area contributed by atoms with Gasteiger partial charge in [-0.25, -0.2) is 0 Å². The van der Waals surface area contributed by atoms with Crippen LogP contribution in [0.1, 0.15) is 48.5 Å². The number of benzene rings is 2. The van der Waals surface area contributed by atoms with Crippen molar-refractivity contribution in [2.45, 2.75) is 38.3 Å². The van der Waals surface area contributed by atoms with Gasteiger partial charge in [0.25, 0.3) is 5.91 Å². The Morgan fingerprint density at radius 2 is 2.00 bits per heavy atom. The number of hydrogen-bond acceptors (Lipinski definition) is 4. The van der Waals surface area contributed by atoms with E-state index in [4.69, 9.17) is 5.26 Å². The van der Waals surface area contributed by atoms with Crippen LogP contribution in [0.2, 0.25) is 0 Å². The first kappa shape index (κ1) is 19.6. The van der Waals surface area contributed by atoms with Gasteiger partial charge >= 0.3 is 0 Å². The lowest BCUT2D eigenvalue weighted by Gasteiger charge is -2.48. The zero-order valence-electron chi connectivity index (χ0n) is 16.7. The molecule has 152 valence electrons. The van der Waals surface area contributed by atoms with E-state index in [-0.39, 0.29) is 24.1 Å². The molecular weight excluding hydrogens is 380 g/mol. The second-order valence-electron chi connectivity index (χ2n) is 7.76. The molecule has 0 saturated carbocycles. The molecule has 7 heteroatoms. The molecule has 1 atom stereocenters. The number of nitrogens with zero attached hydrogens (tertiary/aromatic N) is 3. The van der Waals surface area contributed by atoms with Gasteiger partial charge in [0.1, 0.15) is 5.66 Å². The molecule has 1 unspecified atom stereocenters. The van der Waals surface area contributed by atoms with E-state index >= 15 is 0 Å². The van der Waals surface area contributed by atoms with Gasteiger partial charge in [-0.05, 0) is 50.1 Å². The number of para-hydroxylation sites is 1. The number of nitrogens with one attached hydrogen (secondary N) is 1. The number of anilines is 2. The number of hydrogen-bond donors (Lipinski definition) is 1. The normalized spacial score (nSPS) is 19.9. The first-order valence-electron chi connectivity index (χ1n) is 9.98. The molecule has 2 aromatic rings. The minimum Gasteiger partial charge on any atom is -0.326 e. The van der Waals surface area contributed by atoms with E-state index in [1.54, 1.807) is 46.2 Å². The quantitative estimate of drug-likeness (QED) is 0.831. The van der Waals surface area contributed by atoms with Crippen LogP contribution in [0.3, 0.4) is 0 Å². The Bertz CT molecular complexity index is 1070. The molecule has 1 fully saturated rings. The van der Waals surface area contributed by atoms with Crippen molar-refractivity contribution in [3.63, 3.8) is 0 Å². The maximum atomic E-state index is 13.2. The Hall–Kier alpha value is -3.66. The number of nitriles is 1. The molecule has 0 radical (unpaired) electrons. The summed E-state index contributed by atoms with van der Waals surface area (Å²) in [4.78, 5) is 41.5. The van der Waals surface area contributed by atoms with Crippen LogP contribution in [0.5, 0.6) is 0 Å².